The van der Waals surface area contributed by atoms with Gasteiger partial charge in [-0.2, -0.15) is 0 Å². The molecule has 0 saturated carbocycles. The van der Waals surface area contributed by atoms with E-state index in [1.807, 2.05) is 13.2 Å². The van der Waals surface area contributed by atoms with Gasteiger partial charge in [0.2, 0.25) is 0 Å². The minimum absolute atomic E-state index is 1.02. The maximum atomic E-state index is 4.39. The second kappa shape index (κ2) is 4.41. The van der Waals surface area contributed by atoms with Gasteiger partial charge in [-0.25, -0.2) is 0 Å². The Balaban J connectivity index is 2.36. The van der Waals surface area contributed by atoms with Crippen LogP contribution < -0.4 is 5.32 Å². The van der Waals surface area contributed by atoms with E-state index in [2.05, 4.69) is 41.5 Å². The highest BCUT2D eigenvalue weighted by Crippen LogP contribution is 2.15. The van der Waals surface area contributed by atoms with Crippen LogP contribution in [0.25, 0.3) is 10.9 Å². The van der Waals surface area contributed by atoms with Crippen LogP contribution in [0.4, 0.5) is 0 Å². The van der Waals surface area contributed by atoms with E-state index >= 15 is 0 Å². The maximum Gasteiger partial charge on any atom is 0.0702 e. The van der Waals surface area contributed by atoms with Crippen LogP contribution in [0.3, 0.4) is 0 Å². The van der Waals surface area contributed by atoms with Crippen molar-refractivity contribution in [3.05, 3.63) is 41.6 Å². The van der Waals surface area contributed by atoms with Gasteiger partial charge in [-0.05, 0) is 56.3 Å². The van der Waals surface area contributed by atoms with Crippen LogP contribution in [0.5, 0.6) is 0 Å². The van der Waals surface area contributed by atoms with Gasteiger partial charge in [0, 0.05) is 11.6 Å². The summed E-state index contributed by atoms with van der Waals surface area (Å²) in [5, 5.41) is 4.40. The fraction of sp³-hybridized carbons (Fsp3) is 0.308. The lowest BCUT2D eigenvalue weighted by Crippen LogP contribution is -2.10. The van der Waals surface area contributed by atoms with Crippen molar-refractivity contribution < 1.29 is 0 Å². The summed E-state index contributed by atoms with van der Waals surface area (Å²) in [6.45, 7) is 3.09. The van der Waals surface area contributed by atoms with E-state index in [0.29, 0.717) is 0 Å². The number of hydrogen-bond acceptors (Lipinski definition) is 2. The van der Waals surface area contributed by atoms with Crippen LogP contribution in [0, 0.1) is 6.92 Å². The first kappa shape index (κ1) is 10.1. The van der Waals surface area contributed by atoms with E-state index in [4.69, 9.17) is 0 Å². The Morgan fingerprint density at radius 3 is 2.93 bits per heavy atom. The highest BCUT2D eigenvalue weighted by atomic mass is 14.8. The number of benzene rings is 1. The monoisotopic (exact) mass is 200 g/mol. The lowest BCUT2D eigenvalue weighted by molar-refractivity contribution is 0.792. The van der Waals surface area contributed by atoms with Gasteiger partial charge >= 0.3 is 0 Å². The third kappa shape index (κ3) is 2.34. The molecule has 1 aromatic heterocycles. The number of nitrogens with one attached hydrogen (secondary N) is 1. The summed E-state index contributed by atoms with van der Waals surface area (Å²) in [5.41, 5.74) is 3.66. The number of pyridine rings is 1. The Hall–Kier alpha value is -1.41. The number of aromatic nitrogens is 1. The van der Waals surface area contributed by atoms with Crippen molar-refractivity contribution in [3.8, 4) is 0 Å². The summed E-state index contributed by atoms with van der Waals surface area (Å²) in [6.07, 6.45) is 2.98. The third-order valence-electron chi connectivity index (χ3n) is 2.55. The van der Waals surface area contributed by atoms with Crippen molar-refractivity contribution in [2.45, 2.75) is 13.3 Å². The van der Waals surface area contributed by atoms with E-state index in [-0.39, 0.29) is 0 Å². The number of fused-ring (bicyclic) bond motifs is 1. The summed E-state index contributed by atoms with van der Waals surface area (Å²) >= 11 is 0. The average Bonchev–Trinajstić information content (AvgIpc) is 2.25. The Kier molecular flexibility index (Phi) is 2.97. The first-order chi connectivity index (χ1) is 7.29. The normalized spacial score (nSPS) is 10.8. The second-order valence-electron chi connectivity index (χ2n) is 3.89. The molecule has 1 heterocycles. The Bertz CT molecular complexity index is 463. The SMILES string of the molecule is CNCCc1ccc2ncc(C)cc2c1. The predicted molar refractivity (Wildman–Crippen MR) is 64.1 cm³/mol. The van der Waals surface area contributed by atoms with Crippen LogP contribution in [0.1, 0.15) is 11.1 Å². The van der Waals surface area contributed by atoms with Crippen molar-refractivity contribution in [2.75, 3.05) is 13.6 Å². The number of rotatable bonds is 3. The zero-order valence-electron chi connectivity index (χ0n) is 9.25. The van der Waals surface area contributed by atoms with Crippen molar-refractivity contribution in [1.29, 1.82) is 0 Å². The Morgan fingerprint density at radius 2 is 2.13 bits per heavy atom. The first-order valence-electron chi connectivity index (χ1n) is 5.29. The van der Waals surface area contributed by atoms with Gasteiger partial charge in [0.25, 0.3) is 0 Å². The summed E-state index contributed by atoms with van der Waals surface area (Å²) < 4.78 is 0. The molecule has 2 heteroatoms. The van der Waals surface area contributed by atoms with Gasteiger partial charge < -0.3 is 5.32 Å². The van der Waals surface area contributed by atoms with Gasteiger partial charge in [0.05, 0.1) is 5.52 Å². The molecule has 0 radical (unpaired) electrons. The third-order valence-corrected chi connectivity index (χ3v) is 2.55. The van der Waals surface area contributed by atoms with Crippen molar-refractivity contribution in [3.63, 3.8) is 0 Å². The molecule has 0 unspecified atom stereocenters. The molecule has 0 amide bonds. The number of hydrogen-bond donors (Lipinski definition) is 1. The molecule has 0 fully saturated rings. The molecule has 2 rings (SSSR count). The zero-order valence-corrected chi connectivity index (χ0v) is 9.25. The molecule has 0 aliphatic heterocycles. The summed E-state index contributed by atoms with van der Waals surface area (Å²) in [4.78, 5) is 4.39. The Morgan fingerprint density at radius 1 is 1.27 bits per heavy atom. The van der Waals surface area contributed by atoms with E-state index < -0.39 is 0 Å². The fourth-order valence-corrected chi connectivity index (χ4v) is 1.72. The zero-order chi connectivity index (χ0) is 10.7. The standard InChI is InChI=1S/C13H16N2/c1-10-7-12-8-11(5-6-14-2)3-4-13(12)15-9-10/h3-4,7-9,14H,5-6H2,1-2H3. The molecular weight excluding hydrogens is 184 g/mol. The molecule has 15 heavy (non-hydrogen) atoms. The minimum atomic E-state index is 1.02. The Labute approximate surface area is 90.3 Å². The van der Waals surface area contributed by atoms with Gasteiger partial charge in [-0.15, -0.1) is 0 Å². The molecule has 78 valence electrons. The summed E-state index contributed by atoms with van der Waals surface area (Å²) in [7, 11) is 1.98. The largest absolute Gasteiger partial charge is 0.319 e. The van der Waals surface area contributed by atoms with Gasteiger partial charge in [-0.1, -0.05) is 6.07 Å². The maximum absolute atomic E-state index is 4.39. The van der Waals surface area contributed by atoms with Crippen molar-refractivity contribution in [2.24, 2.45) is 0 Å². The molecule has 0 atom stereocenters. The highest BCUT2D eigenvalue weighted by Gasteiger charge is 1.97. The molecule has 0 bridgehead atoms. The number of likely N-dealkylation sites (N-methyl/N-ethyl adjacent to an activating group) is 1. The molecule has 2 nitrogen and oxygen atoms in total. The molecule has 1 N–H and O–H groups in total. The average molecular weight is 200 g/mol. The molecule has 2 aromatic rings. The lowest BCUT2D eigenvalue weighted by atomic mass is 10.1. The van der Waals surface area contributed by atoms with E-state index in [9.17, 15) is 0 Å². The quantitative estimate of drug-likeness (QED) is 0.822. The van der Waals surface area contributed by atoms with Crippen LogP contribution >= 0.6 is 0 Å². The van der Waals surface area contributed by atoms with E-state index in [1.54, 1.807) is 0 Å². The predicted octanol–water partition coefficient (Wildman–Crippen LogP) is 2.31. The van der Waals surface area contributed by atoms with Crippen LogP contribution in [-0.4, -0.2) is 18.6 Å². The van der Waals surface area contributed by atoms with Crippen LogP contribution in [-0.2, 0) is 6.42 Å². The number of aryl methyl sites for hydroxylation is 1. The number of nitrogens with zero attached hydrogens (tertiary/aromatic N) is 1. The smallest absolute Gasteiger partial charge is 0.0702 e. The van der Waals surface area contributed by atoms with Gasteiger partial charge in [-0.3, -0.25) is 4.98 Å². The van der Waals surface area contributed by atoms with Crippen molar-refractivity contribution in [1.82, 2.24) is 10.3 Å². The van der Waals surface area contributed by atoms with Gasteiger partial charge in [0.1, 0.15) is 0 Å². The minimum Gasteiger partial charge on any atom is -0.319 e. The topological polar surface area (TPSA) is 24.9 Å². The summed E-state index contributed by atoms with van der Waals surface area (Å²) in [6, 6.07) is 8.67. The molecule has 0 spiro atoms. The molecule has 0 aliphatic carbocycles. The van der Waals surface area contributed by atoms with E-state index in [1.165, 1.54) is 16.5 Å². The van der Waals surface area contributed by atoms with Gasteiger partial charge in [0.15, 0.2) is 0 Å². The second-order valence-corrected chi connectivity index (χ2v) is 3.89. The highest BCUT2D eigenvalue weighted by molar-refractivity contribution is 5.79. The van der Waals surface area contributed by atoms with Crippen molar-refractivity contribution >= 4 is 10.9 Å². The van der Waals surface area contributed by atoms with Crippen LogP contribution in [0.2, 0.25) is 0 Å². The van der Waals surface area contributed by atoms with E-state index in [0.717, 1.165) is 18.5 Å². The molecular formula is C13H16N2. The lowest BCUT2D eigenvalue weighted by Gasteiger charge is -2.03. The van der Waals surface area contributed by atoms with Crippen LogP contribution in [0.15, 0.2) is 30.5 Å². The molecule has 0 saturated heterocycles. The first-order valence-corrected chi connectivity index (χ1v) is 5.29. The fourth-order valence-electron chi connectivity index (χ4n) is 1.72. The molecule has 0 aliphatic rings. The summed E-state index contributed by atoms with van der Waals surface area (Å²) in [5.74, 6) is 0. The molecule has 1 aromatic carbocycles.